The second-order valence-corrected chi connectivity index (χ2v) is 6.60. The average Bonchev–Trinajstić information content (AvgIpc) is 3.06. The predicted octanol–water partition coefficient (Wildman–Crippen LogP) is 1.42. The number of imidazole rings is 1. The lowest BCUT2D eigenvalue weighted by Gasteiger charge is -2.03. The van der Waals surface area contributed by atoms with E-state index >= 15 is 0 Å². The van der Waals surface area contributed by atoms with Gasteiger partial charge in [0.15, 0.2) is 5.03 Å². The number of nitrogens with one attached hydrogen (secondary N) is 2. The molecule has 0 fully saturated rings. The molecule has 0 spiro atoms. The minimum absolute atomic E-state index is 0.0453. The summed E-state index contributed by atoms with van der Waals surface area (Å²) in [6.45, 7) is 0.334. The number of H-pyrrole nitrogens is 1. The Bertz CT molecular complexity index is 864. The lowest BCUT2D eigenvalue weighted by Crippen LogP contribution is -2.26. The van der Waals surface area contributed by atoms with Crippen molar-refractivity contribution in [2.24, 2.45) is 7.05 Å². The summed E-state index contributed by atoms with van der Waals surface area (Å²) in [4.78, 5) is 7.04. The lowest BCUT2D eigenvalue weighted by atomic mass is 10.1. The van der Waals surface area contributed by atoms with Gasteiger partial charge < -0.3 is 9.55 Å². The van der Waals surface area contributed by atoms with Crippen molar-refractivity contribution >= 4 is 20.9 Å². The van der Waals surface area contributed by atoms with E-state index in [2.05, 4.69) is 14.7 Å². The maximum absolute atomic E-state index is 12.0. The van der Waals surface area contributed by atoms with E-state index in [1.807, 2.05) is 30.5 Å². The number of aryl methyl sites for hydroxylation is 1. The number of hydrogen-bond donors (Lipinski definition) is 2. The molecule has 3 rings (SSSR count). The van der Waals surface area contributed by atoms with E-state index in [-0.39, 0.29) is 5.03 Å². The Hall–Kier alpha value is -2.12. The van der Waals surface area contributed by atoms with Crippen LogP contribution in [0.4, 0.5) is 0 Å². The first-order chi connectivity index (χ1) is 10.1. The van der Waals surface area contributed by atoms with Crippen LogP contribution in [0.25, 0.3) is 10.9 Å². The molecule has 1 aromatic carbocycles. The molecule has 0 aliphatic carbocycles. The minimum atomic E-state index is -3.54. The number of benzene rings is 1. The highest BCUT2D eigenvalue weighted by molar-refractivity contribution is 7.89. The lowest BCUT2D eigenvalue weighted by molar-refractivity contribution is 0.578. The van der Waals surface area contributed by atoms with Crippen LogP contribution in [0.2, 0.25) is 0 Å². The number of hydrogen-bond acceptors (Lipinski definition) is 3. The van der Waals surface area contributed by atoms with E-state index in [9.17, 15) is 8.42 Å². The van der Waals surface area contributed by atoms with Gasteiger partial charge in [0.2, 0.25) is 0 Å². The molecule has 2 heterocycles. The van der Waals surface area contributed by atoms with E-state index in [1.165, 1.54) is 12.5 Å². The molecule has 0 aliphatic heterocycles. The van der Waals surface area contributed by atoms with Gasteiger partial charge in [-0.3, -0.25) is 0 Å². The normalized spacial score (nSPS) is 12.0. The van der Waals surface area contributed by atoms with E-state index in [0.29, 0.717) is 13.0 Å². The summed E-state index contributed by atoms with van der Waals surface area (Å²) < 4.78 is 28.3. The third kappa shape index (κ3) is 2.84. The van der Waals surface area contributed by atoms with Gasteiger partial charge in [-0.1, -0.05) is 18.2 Å². The molecule has 2 N–H and O–H groups in total. The van der Waals surface area contributed by atoms with Crippen molar-refractivity contribution in [1.82, 2.24) is 19.3 Å². The number of aromatic nitrogens is 3. The van der Waals surface area contributed by atoms with E-state index in [1.54, 1.807) is 11.6 Å². The van der Waals surface area contributed by atoms with Crippen molar-refractivity contribution in [2.75, 3.05) is 6.54 Å². The molecule has 0 bridgehead atoms. The van der Waals surface area contributed by atoms with Gasteiger partial charge in [0, 0.05) is 36.9 Å². The van der Waals surface area contributed by atoms with Crippen LogP contribution < -0.4 is 4.72 Å². The number of rotatable bonds is 5. The van der Waals surface area contributed by atoms with Gasteiger partial charge >= 0.3 is 0 Å². The van der Waals surface area contributed by atoms with Crippen molar-refractivity contribution in [1.29, 1.82) is 0 Å². The van der Waals surface area contributed by atoms with E-state index in [4.69, 9.17) is 0 Å². The molecule has 6 nitrogen and oxygen atoms in total. The first kappa shape index (κ1) is 13.8. The van der Waals surface area contributed by atoms with Crippen LogP contribution in [0.3, 0.4) is 0 Å². The summed E-state index contributed by atoms with van der Waals surface area (Å²) in [6.07, 6.45) is 5.48. The molecule has 0 amide bonds. The van der Waals surface area contributed by atoms with Crippen LogP contribution in [0.5, 0.6) is 0 Å². The van der Waals surface area contributed by atoms with Crippen LogP contribution >= 0.6 is 0 Å². The Kier molecular flexibility index (Phi) is 3.52. The SMILES string of the molecule is Cn1cnc(S(=O)(=O)NCCc2c[nH]c3ccccc23)c1. The molecule has 0 atom stereocenters. The second kappa shape index (κ2) is 5.34. The smallest absolute Gasteiger partial charge is 0.259 e. The van der Waals surface area contributed by atoms with Gasteiger partial charge in [-0.25, -0.2) is 18.1 Å². The topological polar surface area (TPSA) is 79.8 Å². The van der Waals surface area contributed by atoms with Crippen LogP contribution in [0.1, 0.15) is 5.56 Å². The molecule has 7 heteroatoms. The van der Waals surface area contributed by atoms with Crippen LogP contribution in [-0.2, 0) is 23.5 Å². The maximum atomic E-state index is 12.0. The molecule has 0 unspecified atom stereocenters. The zero-order chi connectivity index (χ0) is 14.9. The quantitative estimate of drug-likeness (QED) is 0.748. The average molecular weight is 304 g/mol. The Morgan fingerprint density at radius 2 is 2.14 bits per heavy atom. The summed E-state index contributed by atoms with van der Waals surface area (Å²) in [5, 5.41) is 1.17. The number of fused-ring (bicyclic) bond motifs is 1. The van der Waals surface area contributed by atoms with Crippen molar-refractivity contribution in [2.45, 2.75) is 11.4 Å². The van der Waals surface area contributed by atoms with Crippen LogP contribution in [-0.4, -0.2) is 29.5 Å². The standard InChI is InChI=1S/C14H16N4O2S/c1-18-9-14(16-10-18)21(19,20)17-7-6-11-8-15-13-5-3-2-4-12(11)13/h2-5,8-10,15,17H,6-7H2,1H3. The Morgan fingerprint density at radius 3 is 2.90 bits per heavy atom. The maximum Gasteiger partial charge on any atom is 0.259 e. The summed E-state index contributed by atoms with van der Waals surface area (Å²) in [6, 6.07) is 7.95. The third-order valence-corrected chi connectivity index (χ3v) is 4.66. The Balaban J connectivity index is 1.69. The zero-order valence-corrected chi connectivity index (χ0v) is 12.4. The van der Waals surface area contributed by atoms with Gasteiger partial charge in [0.05, 0.1) is 6.33 Å². The zero-order valence-electron chi connectivity index (χ0n) is 11.6. The molecular formula is C14H16N4O2S. The number of nitrogens with zero attached hydrogens (tertiary/aromatic N) is 2. The fraction of sp³-hybridized carbons (Fsp3) is 0.214. The van der Waals surface area contributed by atoms with Crippen molar-refractivity contribution < 1.29 is 8.42 Å². The first-order valence-electron chi connectivity index (χ1n) is 6.59. The van der Waals surface area contributed by atoms with Gasteiger partial charge in [-0.15, -0.1) is 0 Å². The predicted molar refractivity (Wildman–Crippen MR) is 80.4 cm³/mol. The van der Waals surface area contributed by atoms with Crippen molar-refractivity contribution in [3.8, 4) is 0 Å². The largest absolute Gasteiger partial charge is 0.361 e. The highest BCUT2D eigenvalue weighted by Crippen LogP contribution is 2.17. The molecule has 0 saturated heterocycles. The Labute approximate surface area is 122 Å². The second-order valence-electron chi connectivity index (χ2n) is 4.88. The van der Waals surface area contributed by atoms with E-state index < -0.39 is 10.0 Å². The fourth-order valence-electron chi connectivity index (χ4n) is 2.26. The molecule has 21 heavy (non-hydrogen) atoms. The summed E-state index contributed by atoms with van der Waals surface area (Å²) in [5.74, 6) is 0. The number of aromatic amines is 1. The molecule has 110 valence electrons. The molecule has 3 aromatic rings. The van der Waals surface area contributed by atoms with Crippen LogP contribution in [0.15, 0.2) is 48.0 Å². The van der Waals surface area contributed by atoms with E-state index in [0.717, 1.165) is 16.5 Å². The number of sulfonamides is 1. The highest BCUT2D eigenvalue weighted by atomic mass is 32.2. The summed E-state index contributed by atoms with van der Waals surface area (Å²) >= 11 is 0. The number of para-hydroxylation sites is 1. The van der Waals surface area contributed by atoms with Crippen LogP contribution in [0, 0.1) is 0 Å². The summed E-state index contributed by atoms with van der Waals surface area (Å²) in [7, 11) is -1.80. The van der Waals surface area contributed by atoms with Crippen molar-refractivity contribution in [3.63, 3.8) is 0 Å². The third-order valence-electron chi connectivity index (χ3n) is 3.32. The monoisotopic (exact) mass is 304 g/mol. The van der Waals surface area contributed by atoms with Gasteiger partial charge in [0.1, 0.15) is 0 Å². The molecule has 0 radical (unpaired) electrons. The molecule has 0 aliphatic rings. The van der Waals surface area contributed by atoms with Gasteiger partial charge in [-0.05, 0) is 18.1 Å². The Morgan fingerprint density at radius 1 is 1.33 bits per heavy atom. The highest BCUT2D eigenvalue weighted by Gasteiger charge is 2.16. The van der Waals surface area contributed by atoms with Gasteiger partial charge in [0.25, 0.3) is 10.0 Å². The fourth-order valence-corrected chi connectivity index (χ4v) is 3.27. The minimum Gasteiger partial charge on any atom is -0.361 e. The molecular weight excluding hydrogens is 288 g/mol. The molecule has 2 aromatic heterocycles. The van der Waals surface area contributed by atoms with Crippen molar-refractivity contribution in [3.05, 3.63) is 48.5 Å². The van der Waals surface area contributed by atoms with Gasteiger partial charge in [-0.2, -0.15) is 0 Å². The molecule has 0 saturated carbocycles. The first-order valence-corrected chi connectivity index (χ1v) is 8.07. The summed E-state index contributed by atoms with van der Waals surface area (Å²) in [5.41, 5.74) is 2.15.